The van der Waals surface area contributed by atoms with Gasteiger partial charge in [-0.05, 0) is 0 Å². The van der Waals surface area contributed by atoms with Crippen molar-refractivity contribution in [3.8, 4) is 0 Å². The van der Waals surface area contributed by atoms with Gasteiger partial charge in [0, 0.05) is 26.2 Å². The molecule has 1 heterocycles. The number of ether oxygens (including phenoxy) is 1. The van der Waals surface area contributed by atoms with E-state index in [1.54, 1.807) is 7.11 Å². The van der Waals surface area contributed by atoms with E-state index in [4.69, 9.17) is 4.74 Å². The van der Waals surface area contributed by atoms with Crippen LogP contribution in [0, 0.1) is 0 Å². The number of carbonyl (C=O) groups is 1. The molecule has 0 aromatic carbocycles. The first-order chi connectivity index (χ1) is 5.38. The fourth-order valence-corrected chi connectivity index (χ4v) is 1.23. The Labute approximate surface area is 66.9 Å². The molecule has 1 radical (unpaired) electrons. The fraction of sp³-hybridized carbons (Fsp3) is 0.833. The summed E-state index contributed by atoms with van der Waals surface area (Å²) in [5.74, 6) is 0. The maximum atomic E-state index is 9.98. The molecule has 0 aromatic rings. The zero-order chi connectivity index (χ0) is 8.10. The predicted octanol–water partition coefficient (Wildman–Crippen LogP) is -1.63. The quantitative estimate of drug-likeness (QED) is 0.378. The minimum atomic E-state index is 0.172. The van der Waals surface area contributed by atoms with E-state index in [-0.39, 0.29) is 12.1 Å². The van der Waals surface area contributed by atoms with E-state index in [1.165, 1.54) is 7.41 Å². The van der Waals surface area contributed by atoms with E-state index in [0.29, 0.717) is 0 Å². The van der Waals surface area contributed by atoms with Gasteiger partial charge in [0.2, 0.25) is 0 Å². The van der Waals surface area contributed by atoms with Gasteiger partial charge in [0.1, 0.15) is 0 Å². The van der Waals surface area contributed by atoms with Crippen molar-refractivity contribution in [1.29, 1.82) is 0 Å². The number of carbonyl (C=O) groups excluding carboxylic acids is 1. The molecule has 11 heavy (non-hydrogen) atoms. The summed E-state index contributed by atoms with van der Waals surface area (Å²) < 4.78 is 5.16. The topological polar surface area (TPSA) is 50.4 Å². The minimum Gasteiger partial charge on any atom is -0.378 e. The van der Waals surface area contributed by atoms with E-state index in [9.17, 15) is 4.79 Å². The minimum absolute atomic E-state index is 0.172. The maximum Gasteiger partial charge on any atom is 0.290 e. The zero-order valence-corrected chi connectivity index (χ0v) is 6.54. The SMILES string of the molecule is CO[C@@H]1CNC[C@H]1N[B]C=O. The molecule has 5 heteroatoms. The summed E-state index contributed by atoms with van der Waals surface area (Å²) in [6, 6.07) is 0.227. The largest absolute Gasteiger partial charge is 0.378 e. The van der Waals surface area contributed by atoms with Crippen LogP contribution in [-0.2, 0) is 9.53 Å². The number of nitrogens with one attached hydrogen (secondary N) is 2. The summed E-state index contributed by atoms with van der Waals surface area (Å²) in [5.41, 5.74) is 0. The molecule has 1 fully saturated rings. The third kappa shape index (κ3) is 2.29. The normalized spacial score (nSPS) is 30.3. The molecule has 1 saturated heterocycles. The van der Waals surface area contributed by atoms with Crippen LogP contribution in [0.2, 0.25) is 0 Å². The number of methoxy groups -OCH3 is 1. The molecule has 0 aromatic heterocycles. The molecule has 2 atom stereocenters. The summed E-state index contributed by atoms with van der Waals surface area (Å²) in [4.78, 5) is 9.98. The lowest BCUT2D eigenvalue weighted by Gasteiger charge is -2.16. The third-order valence-electron chi connectivity index (χ3n) is 1.84. The van der Waals surface area contributed by atoms with Gasteiger partial charge in [0.15, 0.2) is 0 Å². The molecular weight excluding hydrogens is 143 g/mol. The Morgan fingerprint density at radius 2 is 2.55 bits per heavy atom. The van der Waals surface area contributed by atoms with Crippen LogP contribution in [0.15, 0.2) is 0 Å². The molecule has 0 bridgehead atoms. The molecule has 1 rings (SSSR count). The van der Waals surface area contributed by atoms with E-state index in [1.807, 2.05) is 0 Å². The van der Waals surface area contributed by atoms with Gasteiger partial charge in [-0.25, -0.2) is 0 Å². The van der Waals surface area contributed by atoms with Crippen LogP contribution >= 0.6 is 0 Å². The first-order valence-electron chi connectivity index (χ1n) is 3.65. The van der Waals surface area contributed by atoms with E-state index < -0.39 is 0 Å². The maximum absolute atomic E-state index is 9.98. The van der Waals surface area contributed by atoms with Gasteiger partial charge in [-0.1, -0.05) is 0 Å². The second kappa shape index (κ2) is 4.48. The average molecular weight is 155 g/mol. The van der Waals surface area contributed by atoms with Gasteiger partial charge >= 0.3 is 0 Å². The Bertz CT molecular complexity index is 134. The van der Waals surface area contributed by atoms with Gasteiger partial charge in [-0.15, -0.1) is 0 Å². The van der Waals surface area contributed by atoms with Crippen LogP contribution in [0.4, 0.5) is 0 Å². The zero-order valence-electron chi connectivity index (χ0n) is 6.54. The highest BCUT2D eigenvalue weighted by molar-refractivity contribution is 6.64. The van der Waals surface area contributed by atoms with E-state index in [2.05, 4.69) is 10.5 Å². The number of hydrogen-bond acceptors (Lipinski definition) is 4. The van der Waals surface area contributed by atoms with Crippen LogP contribution in [0.1, 0.15) is 0 Å². The molecule has 0 amide bonds. The molecule has 2 N–H and O–H groups in total. The second-order valence-electron chi connectivity index (χ2n) is 2.51. The Morgan fingerprint density at radius 1 is 1.73 bits per heavy atom. The van der Waals surface area contributed by atoms with Crippen molar-refractivity contribution in [3.05, 3.63) is 0 Å². The van der Waals surface area contributed by atoms with Gasteiger partial charge in [0.05, 0.1) is 12.3 Å². The highest BCUT2D eigenvalue weighted by Gasteiger charge is 2.25. The molecular formula is C6H12BN2O2. The molecule has 0 unspecified atom stereocenters. The van der Waals surface area contributed by atoms with Crippen molar-refractivity contribution in [2.75, 3.05) is 20.2 Å². The Hall–Kier alpha value is -0.385. The summed E-state index contributed by atoms with van der Waals surface area (Å²) >= 11 is 0. The monoisotopic (exact) mass is 155 g/mol. The first-order valence-corrected chi connectivity index (χ1v) is 3.65. The van der Waals surface area contributed by atoms with Crippen LogP contribution in [0.5, 0.6) is 0 Å². The number of rotatable bonds is 4. The smallest absolute Gasteiger partial charge is 0.290 e. The molecule has 1 aliphatic heterocycles. The Balaban J connectivity index is 2.25. The summed E-state index contributed by atoms with van der Waals surface area (Å²) in [7, 11) is 3.08. The van der Waals surface area contributed by atoms with Crippen molar-refractivity contribution < 1.29 is 9.53 Å². The molecule has 4 nitrogen and oxygen atoms in total. The van der Waals surface area contributed by atoms with Crippen LogP contribution < -0.4 is 10.5 Å². The summed E-state index contributed by atoms with van der Waals surface area (Å²) in [6.45, 7) is 1.70. The summed E-state index contributed by atoms with van der Waals surface area (Å²) in [5, 5.41) is 6.11. The first kappa shape index (κ1) is 8.71. The van der Waals surface area contributed by atoms with Crippen molar-refractivity contribution in [2.45, 2.75) is 12.1 Å². The molecule has 0 aliphatic carbocycles. The second-order valence-corrected chi connectivity index (χ2v) is 2.51. The Kier molecular flexibility index (Phi) is 3.55. The highest BCUT2D eigenvalue weighted by Crippen LogP contribution is 2.01. The lowest BCUT2D eigenvalue weighted by molar-refractivity contribution is 0.103. The van der Waals surface area contributed by atoms with Gasteiger partial charge in [-0.2, -0.15) is 0 Å². The highest BCUT2D eigenvalue weighted by atomic mass is 16.5. The molecule has 1 aliphatic rings. The average Bonchev–Trinajstić information content (AvgIpc) is 2.47. The predicted molar refractivity (Wildman–Crippen MR) is 43.1 cm³/mol. The van der Waals surface area contributed by atoms with Crippen molar-refractivity contribution >= 4 is 13.6 Å². The number of hydrogen-bond donors (Lipinski definition) is 2. The van der Waals surface area contributed by atoms with Gasteiger partial charge < -0.3 is 20.1 Å². The van der Waals surface area contributed by atoms with Crippen molar-refractivity contribution in [2.24, 2.45) is 0 Å². The van der Waals surface area contributed by atoms with Gasteiger partial charge in [-0.3, -0.25) is 0 Å². The summed E-state index contributed by atoms with van der Waals surface area (Å²) in [6.07, 6.45) is 0.914. The fourth-order valence-electron chi connectivity index (χ4n) is 1.23. The van der Waals surface area contributed by atoms with Crippen molar-refractivity contribution in [3.63, 3.8) is 0 Å². The lowest BCUT2D eigenvalue weighted by atomic mass is 9.96. The van der Waals surface area contributed by atoms with E-state index in [0.717, 1.165) is 19.3 Å². The van der Waals surface area contributed by atoms with Crippen LogP contribution in [-0.4, -0.2) is 45.9 Å². The standard InChI is InChI=1S/C6H12BN2O2/c1-11-6-3-8-2-5(6)9-7-4-10/h4-6,8-9H,2-3H2,1H3/t5-,6-/m1/s1. The molecule has 61 valence electrons. The van der Waals surface area contributed by atoms with E-state index >= 15 is 0 Å². The third-order valence-corrected chi connectivity index (χ3v) is 1.84. The lowest BCUT2D eigenvalue weighted by Crippen LogP contribution is -2.42. The molecule has 0 saturated carbocycles. The van der Waals surface area contributed by atoms with Gasteiger partial charge in [0.25, 0.3) is 7.41 Å². The Morgan fingerprint density at radius 3 is 3.18 bits per heavy atom. The molecule has 0 spiro atoms. The van der Waals surface area contributed by atoms with Crippen LogP contribution in [0.25, 0.3) is 0 Å². The van der Waals surface area contributed by atoms with Crippen LogP contribution in [0.3, 0.4) is 0 Å². The van der Waals surface area contributed by atoms with Crippen molar-refractivity contribution in [1.82, 2.24) is 10.5 Å².